The molecule has 0 amide bonds. The normalized spacial score (nSPS) is 12.7. The third-order valence-electron chi connectivity index (χ3n) is 2.09. The largest absolute Gasteiger partial charge is 0.495 e. The minimum Gasteiger partial charge on any atom is -0.495 e. The van der Waals surface area contributed by atoms with Crippen LogP contribution >= 0.6 is 34.2 Å². The summed E-state index contributed by atoms with van der Waals surface area (Å²) < 4.78 is 6.20. The van der Waals surface area contributed by atoms with E-state index in [2.05, 4.69) is 22.6 Å². The number of rotatable bonds is 2. The molecule has 0 heterocycles. The van der Waals surface area contributed by atoms with Gasteiger partial charge in [0.15, 0.2) is 0 Å². The molecule has 0 aliphatic rings. The van der Waals surface area contributed by atoms with Gasteiger partial charge >= 0.3 is 0 Å². The van der Waals surface area contributed by atoms with Crippen molar-refractivity contribution in [2.24, 2.45) is 0 Å². The van der Waals surface area contributed by atoms with Crippen LogP contribution in [0.15, 0.2) is 6.07 Å². The molecule has 0 spiro atoms. The van der Waals surface area contributed by atoms with Crippen molar-refractivity contribution in [3.8, 4) is 5.75 Å². The lowest BCUT2D eigenvalue weighted by Gasteiger charge is -2.15. The van der Waals surface area contributed by atoms with Crippen LogP contribution in [0.25, 0.3) is 0 Å². The van der Waals surface area contributed by atoms with Crippen LogP contribution in [0.2, 0.25) is 5.02 Å². The molecule has 1 rings (SSSR count). The van der Waals surface area contributed by atoms with Crippen molar-refractivity contribution >= 4 is 34.2 Å². The smallest absolute Gasteiger partial charge is 0.138 e. The second-order valence-corrected chi connectivity index (χ2v) is 4.58. The maximum absolute atomic E-state index is 9.53. The molecule has 1 unspecified atom stereocenters. The standard InChI is InChI=1S/C10H12ClIO2/c1-5-8(11)4-7(6(2)13)10(14-3)9(5)12/h4,6,13H,1-3H3. The Balaban J connectivity index is 3.43. The van der Waals surface area contributed by atoms with Crippen LogP contribution in [0, 0.1) is 10.5 Å². The molecule has 14 heavy (non-hydrogen) atoms. The topological polar surface area (TPSA) is 29.5 Å². The molecule has 78 valence electrons. The average Bonchev–Trinajstić information content (AvgIpc) is 2.13. The summed E-state index contributed by atoms with van der Waals surface area (Å²) in [5, 5.41) is 10.2. The fourth-order valence-corrected chi connectivity index (χ4v) is 2.42. The Morgan fingerprint density at radius 1 is 1.57 bits per heavy atom. The molecule has 0 saturated carbocycles. The molecule has 1 aromatic carbocycles. The molecule has 0 aliphatic carbocycles. The molecular formula is C10H12ClIO2. The van der Waals surface area contributed by atoms with Gasteiger partial charge in [-0.15, -0.1) is 0 Å². The highest BCUT2D eigenvalue weighted by atomic mass is 127. The average molecular weight is 327 g/mol. The lowest BCUT2D eigenvalue weighted by Crippen LogP contribution is -2.00. The fraction of sp³-hybridized carbons (Fsp3) is 0.400. The van der Waals surface area contributed by atoms with Crippen molar-refractivity contribution < 1.29 is 9.84 Å². The first kappa shape index (κ1) is 12.1. The van der Waals surface area contributed by atoms with Gasteiger partial charge in [0.2, 0.25) is 0 Å². The molecule has 0 radical (unpaired) electrons. The fourth-order valence-electron chi connectivity index (χ4n) is 1.23. The van der Waals surface area contributed by atoms with E-state index in [0.717, 1.165) is 14.7 Å². The second kappa shape index (κ2) is 4.68. The van der Waals surface area contributed by atoms with E-state index in [1.165, 1.54) is 0 Å². The Hall–Kier alpha value is -0.000000000000000111. The Labute approximate surface area is 102 Å². The summed E-state index contributed by atoms with van der Waals surface area (Å²) in [5.41, 5.74) is 1.71. The van der Waals surface area contributed by atoms with Gasteiger partial charge < -0.3 is 9.84 Å². The summed E-state index contributed by atoms with van der Waals surface area (Å²) in [6.07, 6.45) is -0.573. The van der Waals surface area contributed by atoms with Crippen LogP contribution in [-0.4, -0.2) is 12.2 Å². The zero-order chi connectivity index (χ0) is 10.9. The zero-order valence-electron chi connectivity index (χ0n) is 8.27. The van der Waals surface area contributed by atoms with Crippen molar-refractivity contribution in [2.75, 3.05) is 7.11 Å². The summed E-state index contributed by atoms with van der Waals surface area (Å²) >= 11 is 8.19. The number of hydrogen-bond acceptors (Lipinski definition) is 2. The van der Waals surface area contributed by atoms with E-state index in [1.807, 2.05) is 6.92 Å². The Bertz CT molecular complexity index is 350. The summed E-state index contributed by atoms with van der Waals surface area (Å²) in [4.78, 5) is 0. The van der Waals surface area contributed by atoms with Gasteiger partial charge in [-0.05, 0) is 48.1 Å². The predicted octanol–water partition coefficient (Wildman–Crippen LogP) is 3.31. The van der Waals surface area contributed by atoms with Crippen LogP contribution in [0.5, 0.6) is 5.75 Å². The molecule has 0 saturated heterocycles. The summed E-state index contributed by atoms with van der Waals surface area (Å²) in [6.45, 7) is 3.62. The summed E-state index contributed by atoms with van der Waals surface area (Å²) in [7, 11) is 1.59. The highest BCUT2D eigenvalue weighted by molar-refractivity contribution is 14.1. The lowest BCUT2D eigenvalue weighted by molar-refractivity contribution is 0.194. The molecule has 1 atom stereocenters. The maximum Gasteiger partial charge on any atom is 0.138 e. The van der Waals surface area contributed by atoms with E-state index in [4.69, 9.17) is 16.3 Å². The molecular weight excluding hydrogens is 314 g/mol. The van der Waals surface area contributed by atoms with Gasteiger partial charge in [-0.3, -0.25) is 0 Å². The first-order chi connectivity index (χ1) is 6.49. The van der Waals surface area contributed by atoms with Crippen molar-refractivity contribution in [3.63, 3.8) is 0 Å². The number of methoxy groups -OCH3 is 1. The Morgan fingerprint density at radius 2 is 2.14 bits per heavy atom. The lowest BCUT2D eigenvalue weighted by atomic mass is 10.1. The number of aliphatic hydroxyl groups is 1. The minimum atomic E-state index is -0.573. The van der Waals surface area contributed by atoms with Crippen molar-refractivity contribution in [3.05, 3.63) is 25.8 Å². The van der Waals surface area contributed by atoms with Gasteiger partial charge in [0, 0.05) is 10.6 Å². The molecule has 0 aliphatic heterocycles. The molecule has 2 nitrogen and oxygen atoms in total. The van der Waals surface area contributed by atoms with Gasteiger partial charge in [-0.25, -0.2) is 0 Å². The van der Waals surface area contributed by atoms with E-state index >= 15 is 0 Å². The van der Waals surface area contributed by atoms with Gasteiger partial charge in [0.05, 0.1) is 16.8 Å². The van der Waals surface area contributed by atoms with Gasteiger partial charge in [0.1, 0.15) is 5.75 Å². The predicted molar refractivity (Wildman–Crippen MR) is 66.1 cm³/mol. The van der Waals surface area contributed by atoms with Crippen molar-refractivity contribution in [1.29, 1.82) is 0 Å². The monoisotopic (exact) mass is 326 g/mol. The van der Waals surface area contributed by atoms with Crippen LogP contribution in [-0.2, 0) is 0 Å². The highest BCUT2D eigenvalue weighted by Crippen LogP contribution is 2.36. The van der Waals surface area contributed by atoms with E-state index in [0.29, 0.717) is 10.8 Å². The third kappa shape index (κ3) is 2.15. The zero-order valence-corrected chi connectivity index (χ0v) is 11.2. The van der Waals surface area contributed by atoms with E-state index in [9.17, 15) is 5.11 Å². The molecule has 0 bridgehead atoms. The van der Waals surface area contributed by atoms with Gasteiger partial charge in [0.25, 0.3) is 0 Å². The number of aliphatic hydroxyl groups excluding tert-OH is 1. The SMILES string of the molecule is COc1c(C(C)O)cc(Cl)c(C)c1I. The van der Waals surface area contributed by atoms with Crippen LogP contribution < -0.4 is 4.74 Å². The molecule has 4 heteroatoms. The summed E-state index contributed by atoms with van der Waals surface area (Å²) in [5.74, 6) is 0.711. The van der Waals surface area contributed by atoms with Gasteiger partial charge in [-0.2, -0.15) is 0 Å². The van der Waals surface area contributed by atoms with Crippen LogP contribution in [0.1, 0.15) is 24.2 Å². The molecule has 1 aromatic rings. The second-order valence-electron chi connectivity index (χ2n) is 3.10. The number of hydrogen-bond donors (Lipinski definition) is 1. The van der Waals surface area contributed by atoms with Crippen LogP contribution in [0.3, 0.4) is 0 Å². The first-order valence-electron chi connectivity index (χ1n) is 4.19. The maximum atomic E-state index is 9.53. The number of benzene rings is 1. The van der Waals surface area contributed by atoms with Gasteiger partial charge in [-0.1, -0.05) is 11.6 Å². The van der Waals surface area contributed by atoms with Crippen molar-refractivity contribution in [1.82, 2.24) is 0 Å². The first-order valence-corrected chi connectivity index (χ1v) is 5.65. The minimum absolute atomic E-state index is 0.573. The molecule has 1 N–H and O–H groups in total. The quantitative estimate of drug-likeness (QED) is 0.845. The van der Waals surface area contributed by atoms with Crippen molar-refractivity contribution in [2.45, 2.75) is 20.0 Å². The highest BCUT2D eigenvalue weighted by Gasteiger charge is 2.16. The van der Waals surface area contributed by atoms with E-state index < -0.39 is 6.10 Å². The molecule has 0 aromatic heterocycles. The third-order valence-corrected chi connectivity index (χ3v) is 3.78. The summed E-state index contributed by atoms with van der Waals surface area (Å²) in [6, 6.07) is 1.75. The number of halogens is 2. The van der Waals surface area contributed by atoms with Crippen LogP contribution in [0.4, 0.5) is 0 Å². The number of ether oxygens (including phenoxy) is 1. The van der Waals surface area contributed by atoms with E-state index in [-0.39, 0.29) is 0 Å². The van der Waals surface area contributed by atoms with E-state index in [1.54, 1.807) is 20.1 Å². The molecule has 0 fully saturated rings. The Kier molecular flexibility index (Phi) is 4.04. The Morgan fingerprint density at radius 3 is 2.57 bits per heavy atom.